The number of amides is 1. The SMILES string of the molecule is O=C(OC1CCCN1C(=O)OCc1ccccc1)C1=CN=C2C=CC(Br)(Br)C=C12. The van der Waals surface area contributed by atoms with E-state index in [1.807, 2.05) is 48.6 Å². The molecule has 0 aromatic heterocycles. The summed E-state index contributed by atoms with van der Waals surface area (Å²) in [6, 6.07) is 9.46. The number of nitrogens with zero attached hydrogens (tertiary/aromatic N) is 2. The molecule has 6 nitrogen and oxygen atoms in total. The summed E-state index contributed by atoms with van der Waals surface area (Å²) < 4.78 is 10.5. The second kappa shape index (κ2) is 8.28. The largest absolute Gasteiger partial charge is 0.444 e. The van der Waals surface area contributed by atoms with Crippen molar-refractivity contribution in [3.05, 3.63) is 71.5 Å². The lowest BCUT2D eigenvalue weighted by Crippen LogP contribution is -2.39. The summed E-state index contributed by atoms with van der Waals surface area (Å²) in [5, 5.41) is 0. The Morgan fingerprint density at radius 2 is 2.03 bits per heavy atom. The van der Waals surface area contributed by atoms with Crippen LogP contribution in [0.5, 0.6) is 0 Å². The molecular formula is C21H18Br2N2O4. The van der Waals surface area contributed by atoms with E-state index in [4.69, 9.17) is 9.47 Å². The Morgan fingerprint density at radius 1 is 1.24 bits per heavy atom. The van der Waals surface area contributed by atoms with Crippen LogP contribution in [0.1, 0.15) is 18.4 Å². The molecule has 1 amide bonds. The molecule has 29 heavy (non-hydrogen) atoms. The first kappa shape index (κ1) is 20.1. The summed E-state index contributed by atoms with van der Waals surface area (Å²) in [6.07, 6.45) is 7.27. The van der Waals surface area contributed by atoms with Gasteiger partial charge in [0.15, 0.2) is 6.23 Å². The Morgan fingerprint density at radius 3 is 2.83 bits per heavy atom. The van der Waals surface area contributed by atoms with Crippen LogP contribution in [0.2, 0.25) is 0 Å². The number of hydrogen-bond donors (Lipinski definition) is 0. The van der Waals surface area contributed by atoms with E-state index < -0.39 is 21.5 Å². The third kappa shape index (κ3) is 4.53. The number of likely N-dealkylation sites (tertiary alicyclic amines) is 1. The predicted molar refractivity (Wildman–Crippen MR) is 116 cm³/mol. The van der Waals surface area contributed by atoms with Crippen molar-refractivity contribution < 1.29 is 19.1 Å². The zero-order valence-corrected chi connectivity index (χ0v) is 18.6. The molecule has 1 atom stereocenters. The molecule has 0 N–H and O–H groups in total. The Balaban J connectivity index is 1.38. The first-order valence-corrected chi connectivity index (χ1v) is 10.8. The fraction of sp³-hybridized carbons (Fsp3) is 0.286. The van der Waals surface area contributed by atoms with E-state index in [-0.39, 0.29) is 6.61 Å². The Bertz CT molecular complexity index is 951. The van der Waals surface area contributed by atoms with E-state index in [0.29, 0.717) is 29.8 Å². The van der Waals surface area contributed by atoms with Crippen LogP contribution in [-0.4, -0.2) is 38.7 Å². The third-order valence-electron chi connectivity index (χ3n) is 4.80. The number of ether oxygens (including phenoxy) is 2. The number of esters is 1. The van der Waals surface area contributed by atoms with Gasteiger partial charge in [-0.3, -0.25) is 9.89 Å². The summed E-state index contributed by atoms with van der Waals surface area (Å²) in [6.45, 7) is 0.667. The summed E-state index contributed by atoms with van der Waals surface area (Å²) in [7, 11) is 0. The average Bonchev–Trinajstić information content (AvgIpc) is 3.32. The van der Waals surface area contributed by atoms with Gasteiger partial charge in [-0.1, -0.05) is 68.3 Å². The number of aliphatic imine (C=N–C) groups is 1. The van der Waals surface area contributed by atoms with Crippen LogP contribution in [0.15, 0.2) is 70.9 Å². The van der Waals surface area contributed by atoms with Gasteiger partial charge in [-0.25, -0.2) is 9.59 Å². The maximum atomic E-state index is 12.8. The molecule has 1 aromatic rings. The zero-order chi connectivity index (χ0) is 20.4. The minimum absolute atomic E-state index is 0.178. The van der Waals surface area contributed by atoms with Crippen molar-refractivity contribution in [1.29, 1.82) is 0 Å². The van der Waals surface area contributed by atoms with Crippen molar-refractivity contribution in [3.63, 3.8) is 0 Å². The topological polar surface area (TPSA) is 68.2 Å². The lowest BCUT2D eigenvalue weighted by Gasteiger charge is -2.24. The Labute approximate surface area is 185 Å². The van der Waals surface area contributed by atoms with E-state index in [1.54, 1.807) is 0 Å². The molecule has 4 rings (SSSR count). The standard InChI is InChI=1S/C21H18Br2N2O4/c22-21(23)9-8-17-15(11-21)16(12-24-17)19(26)29-18-7-4-10-25(18)20(27)28-13-14-5-2-1-3-6-14/h1-3,5-6,8-9,11-12,18H,4,7,10,13H2. The molecule has 0 radical (unpaired) electrons. The molecule has 1 fully saturated rings. The van der Waals surface area contributed by atoms with Gasteiger partial charge >= 0.3 is 12.1 Å². The lowest BCUT2D eigenvalue weighted by atomic mass is 9.98. The molecule has 1 unspecified atom stereocenters. The molecule has 8 heteroatoms. The number of hydrogen-bond acceptors (Lipinski definition) is 5. The Hall–Kier alpha value is -2.19. The fourth-order valence-electron chi connectivity index (χ4n) is 3.35. The first-order chi connectivity index (χ1) is 13.9. The van der Waals surface area contributed by atoms with E-state index in [1.165, 1.54) is 11.1 Å². The van der Waals surface area contributed by atoms with Gasteiger partial charge in [0.05, 0.1) is 11.3 Å². The summed E-state index contributed by atoms with van der Waals surface area (Å²) in [5.74, 6) is -0.506. The number of halogens is 2. The van der Waals surface area contributed by atoms with Gasteiger partial charge in [-0.05, 0) is 24.1 Å². The van der Waals surface area contributed by atoms with Gasteiger partial charge in [0, 0.05) is 24.7 Å². The number of carbonyl (C=O) groups is 2. The second-order valence-corrected chi connectivity index (χ2v) is 10.5. The van der Waals surface area contributed by atoms with Crippen LogP contribution in [0.3, 0.4) is 0 Å². The lowest BCUT2D eigenvalue weighted by molar-refractivity contribution is -0.149. The molecule has 3 aliphatic rings. The van der Waals surface area contributed by atoms with Crippen molar-refractivity contribution in [3.8, 4) is 0 Å². The highest BCUT2D eigenvalue weighted by atomic mass is 79.9. The van der Waals surface area contributed by atoms with Crippen LogP contribution in [0.25, 0.3) is 0 Å². The highest BCUT2D eigenvalue weighted by molar-refractivity contribution is 9.25. The highest BCUT2D eigenvalue weighted by Gasteiger charge is 2.36. The van der Waals surface area contributed by atoms with E-state index >= 15 is 0 Å². The third-order valence-corrected chi connectivity index (χ3v) is 5.79. The number of alkyl halides is 2. The molecule has 150 valence electrons. The van der Waals surface area contributed by atoms with E-state index in [0.717, 1.165) is 12.0 Å². The number of rotatable bonds is 4. The molecule has 1 aromatic carbocycles. The molecule has 0 bridgehead atoms. The summed E-state index contributed by atoms with van der Waals surface area (Å²) in [4.78, 5) is 31.0. The van der Waals surface area contributed by atoms with Crippen molar-refractivity contribution >= 4 is 49.6 Å². The maximum absolute atomic E-state index is 12.8. The van der Waals surface area contributed by atoms with Crippen LogP contribution in [0, 0.1) is 0 Å². The molecule has 0 saturated carbocycles. The van der Waals surface area contributed by atoms with E-state index in [2.05, 4.69) is 36.9 Å². The summed E-state index contributed by atoms with van der Waals surface area (Å²) in [5.41, 5.74) is 2.68. The minimum Gasteiger partial charge on any atom is -0.444 e. The van der Waals surface area contributed by atoms with Crippen LogP contribution in [0.4, 0.5) is 4.79 Å². The molecule has 1 saturated heterocycles. The van der Waals surface area contributed by atoms with Gasteiger partial charge in [0.25, 0.3) is 0 Å². The number of benzene rings is 1. The van der Waals surface area contributed by atoms with Gasteiger partial charge in [0.1, 0.15) is 9.84 Å². The molecule has 2 aliphatic heterocycles. The van der Waals surface area contributed by atoms with Crippen molar-refractivity contribution in [2.24, 2.45) is 4.99 Å². The number of allylic oxidation sites excluding steroid dienone is 3. The molecular weight excluding hydrogens is 504 g/mol. The predicted octanol–water partition coefficient (Wildman–Crippen LogP) is 4.61. The quantitative estimate of drug-likeness (QED) is 0.428. The molecule has 2 heterocycles. The minimum atomic E-state index is -0.645. The molecule has 1 aliphatic carbocycles. The number of fused-ring (bicyclic) bond motifs is 1. The van der Waals surface area contributed by atoms with Crippen LogP contribution < -0.4 is 0 Å². The zero-order valence-electron chi connectivity index (χ0n) is 15.4. The number of carbonyl (C=O) groups excluding carboxylic acids is 2. The maximum Gasteiger partial charge on any atom is 0.413 e. The fourth-order valence-corrected chi connectivity index (χ4v) is 4.07. The van der Waals surface area contributed by atoms with Crippen molar-refractivity contribution in [1.82, 2.24) is 4.90 Å². The first-order valence-electron chi connectivity index (χ1n) is 9.20. The van der Waals surface area contributed by atoms with Gasteiger partial charge in [-0.15, -0.1) is 0 Å². The second-order valence-electron chi connectivity index (χ2n) is 6.86. The monoisotopic (exact) mass is 520 g/mol. The summed E-state index contributed by atoms with van der Waals surface area (Å²) >= 11 is 7.02. The van der Waals surface area contributed by atoms with Crippen LogP contribution >= 0.6 is 31.9 Å². The van der Waals surface area contributed by atoms with Gasteiger partial charge < -0.3 is 9.47 Å². The van der Waals surface area contributed by atoms with Gasteiger partial charge in [0.2, 0.25) is 0 Å². The Kier molecular flexibility index (Phi) is 5.74. The van der Waals surface area contributed by atoms with E-state index in [9.17, 15) is 9.59 Å². The smallest absolute Gasteiger partial charge is 0.413 e. The average molecular weight is 522 g/mol. The molecule has 0 spiro atoms. The normalized spacial score (nSPS) is 21.8. The van der Waals surface area contributed by atoms with Gasteiger partial charge in [-0.2, -0.15) is 0 Å². The van der Waals surface area contributed by atoms with Crippen molar-refractivity contribution in [2.75, 3.05) is 6.54 Å². The van der Waals surface area contributed by atoms with Crippen LogP contribution in [-0.2, 0) is 20.9 Å². The van der Waals surface area contributed by atoms with Crippen molar-refractivity contribution in [2.45, 2.75) is 28.9 Å². The highest BCUT2D eigenvalue weighted by Crippen LogP contribution is 2.38.